The van der Waals surface area contributed by atoms with Crippen molar-refractivity contribution in [1.82, 2.24) is 4.98 Å². The highest BCUT2D eigenvalue weighted by molar-refractivity contribution is 9.10. The zero-order valence-corrected chi connectivity index (χ0v) is 12.0. The Morgan fingerprint density at radius 2 is 2.18 bits per heavy atom. The van der Waals surface area contributed by atoms with Crippen LogP contribution < -0.4 is 5.32 Å². The fourth-order valence-corrected chi connectivity index (χ4v) is 1.99. The summed E-state index contributed by atoms with van der Waals surface area (Å²) in [6, 6.07) is 1.55. The Morgan fingerprint density at radius 1 is 1.53 bits per heavy atom. The van der Waals surface area contributed by atoms with Crippen LogP contribution in [0, 0.1) is 12.8 Å². The molecule has 1 aromatic heterocycles. The van der Waals surface area contributed by atoms with E-state index in [9.17, 15) is 4.79 Å². The van der Waals surface area contributed by atoms with Crippen molar-refractivity contribution in [3.63, 3.8) is 0 Å². The highest BCUT2D eigenvalue weighted by atomic mass is 79.9. The van der Waals surface area contributed by atoms with Crippen molar-refractivity contribution in [1.29, 1.82) is 0 Å². The predicted octanol–water partition coefficient (Wildman–Crippen LogP) is 2.76. The third-order valence-corrected chi connectivity index (χ3v) is 3.00. The van der Waals surface area contributed by atoms with Crippen LogP contribution in [-0.4, -0.2) is 24.1 Å². The number of hydrogen-bond donors (Lipinski definition) is 1. The first-order chi connectivity index (χ1) is 7.95. The number of methoxy groups -OCH3 is 1. The number of esters is 1. The van der Waals surface area contributed by atoms with Gasteiger partial charge >= 0.3 is 5.97 Å². The minimum absolute atomic E-state index is 0.123. The van der Waals surface area contributed by atoms with Crippen LogP contribution in [0.4, 0.5) is 5.82 Å². The van der Waals surface area contributed by atoms with Crippen LogP contribution in [0.2, 0.25) is 0 Å². The van der Waals surface area contributed by atoms with Gasteiger partial charge in [-0.15, -0.1) is 0 Å². The molecule has 0 saturated heterocycles. The molecular weight excluding hydrogens is 284 g/mol. The third-order valence-electron chi connectivity index (χ3n) is 2.39. The molecule has 1 aromatic rings. The molecule has 5 heteroatoms. The fourth-order valence-electron chi connectivity index (χ4n) is 1.41. The van der Waals surface area contributed by atoms with E-state index in [1.165, 1.54) is 7.11 Å². The van der Waals surface area contributed by atoms with Crippen molar-refractivity contribution in [2.24, 2.45) is 5.92 Å². The molecule has 4 nitrogen and oxygen atoms in total. The molecule has 1 heterocycles. The highest BCUT2D eigenvalue weighted by Crippen LogP contribution is 2.22. The van der Waals surface area contributed by atoms with Crippen LogP contribution >= 0.6 is 15.9 Å². The van der Waals surface area contributed by atoms with E-state index in [4.69, 9.17) is 4.74 Å². The normalized spacial score (nSPS) is 12.4. The van der Waals surface area contributed by atoms with Crippen LogP contribution in [0.5, 0.6) is 0 Å². The number of rotatable bonds is 4. The Labute approximate surface area is 110 Å². The number of aromatic nitrogens is 1. The largest absolute Gasteiger partial charge is 0.467 e. The second kappa shape index (κ2) is 6.00. The SMILES string of the molecule is COC(=O)C(Nc1ncc(C)cc1Br)C(C)C. The van der Waals surface area contributed by atoms with Gasteiger partial charge in [0.1, 0.15) is 11.9 Å². The zero-order valence-electron chi connectivity index (χ0n) is 10.5. The Bertz CT molecular complexity index is 407. The lowest BCUT2D eigenvalue weighted by atomic mass is 10.0. The molecule has 94 valence electrons. The van der Waals surface area contributed by atoms with Crippen molar-refractivity contribution in [3.05, 3.63) is 22.3 Å². The van der Waals surface area contributed by atoms with Gasteiger partial charge in [-0.1, -0.05) is 13.8 Å². The molecule has 0 spiro atoms. The molecule has 0 aliphatic heterocycles. The maximum absolute atomic E-state index is 11.6. The van der Waals surface area contributed by atoms with Crippen molar-refractivity contribution in [2.75, 3.05) is 12.4 Å². The van der Waals surface area contributed by atoms with Gasteiger partial charge in [0.15, 0.2) is 0 Å². The number of anilines is 1. The standard InChI is InChI=1S/C12H17BrN2O2/c1-7(2)10(12(16)17-4)15-11-9(13)5-8(3)6-14-11/h5-7,10H,1-4H3,(H,14,15). The lowest BCUT2D eigenvalue weighted by molar-refractivity contribution is -0.142. The molecule has 0 saturated carbocycles. The Balaban J connectivity index is 2.90. The summed E-state index contributed by atoms with van der Waals surface area (Å²) in [4.78, 5) is 15.9. The Morgan fingerprint density at radius 3 is 2.65 bits per heavy atom. The summed E-state index contributed by atoms with van der Waals surface area (Å²) < 4.78 is 5.60. The lowest BCUT2D eigenvalue weighted by Crippen LogP contribution is -2.35. The van der Waals surface area contributed by atoms with Crippen molar-refractivity contribution < 1.29 is 9.53 Å². The minimum atomic E-state index is -0.397. The average Bonchev–Trinajstić information content (AvgIpc) is 2.26. The Hall–Kier alpha value is -1.10. The molecule has 0 radical (unpaired) electrons. The number of pyridine rings is 1. The monoisotopic (exact) mass is 300 g/mol. The molecule has 1 rings (SSSR count). The van der Waals surface area contributed by atoms with Crippen LogP contribution in [0.15, 0.2) is 16.7 Å². The number of hydrogen-bond acceptors (Lipinski definition) is 4. The van der Waals surface area contributed by atoms with E-state index >= 15 is 0 Å². The van der Waals surface area contributed by atoms with Gasteiger partial charge in [0.05, 0.1) is 11.6 Å². The number of carbonyl (C=O) groups excluding carboxylic acids is 1. The van der Waals surface area contributed by atoms with E-state index in [1.54, 1.807) is 6.20 Å². The topological polar surface area (TPSA) is 51.2 Å². The molecule has 0 aliphatic carbocycles. The van der Waals surface area contributed by atoms with Crippen molar-refractivity contribution >= 4 is 27.7 Å². The second-order valence-electron chi connectivity index (χ2n) is 4.23. The third kappa shape index (κ3) is 3.70. The molecule has 0 fully saturated rings. The van der Waals surface area contributed by atoms with Gasteiger partial charge in [-0.3, -0.25) is 0 Å². The first kappa shape index (κ1) is 14.0. The first-order valence-electron chi connectivity index (χ1n) is 5.42. The number of aryl methyl sites for hydroxylation is 1. The molecule has 0 amide bonds. The van der Waals surface area contributed by atoms with E-state index in [0.29, 0.717) is 5.82 Å². The fraction of sp³-hybridized carbons (Fsp3) is 0.500. The van der Waals surface area contributed by atoms with Crippen molar-refractivity contribution in [2.45, 2.75) is 26.8 Å². The van der Waals surface area contributed by atoms with E-state index in [1.807, 2.05) is 26.8 Å². The number of nitrogens with one attached hydrogen (secondary N) is 1. The number of halogens is 1. The van der Waals surface area contributed by atoms with Crippen LogP contribution in [-0.2, 0) is 9.53 Å². The maximum Gasteiger partial charge on any atom is 0.328 e. The smallest absolute Gasteiger partial charge is 0.328 e. The number of ether oxygens (including phenoxy) is 1. The predicted molar refractivity (Wildman–Crippen MR) is 70.9 cm³/mol. The lowest BCUT2D eigenvalue weighted by Gasteiger charge is -2.21. The summed E-state index contributed by atoms with van der Waals surface area (Å²) in [6.45, 7) is 5.87. The minimum Gasteiger partial charge on any atom is -0.467 e. The molecule has 0 bridgehead atoms. The van der Waals surface area contributed by atoms with Gasteiger partial charge in [0.2, 0.25) is 0 Å². The average molecular weight is 301 g/mol. The van der Waals surface area contributed by atoms with Gasteiger partial charge in [-0.05, 0) is 40.4 Å². The molecule has 0 aliphatic rings. The summed E-state index contributed by atoms with van der Waals surface area (Å²) in [6.07, 6.45) is 1.75. The zero-order chi connectivity index (χ0) is 13.0. The van der Waals surface area contributed by atoms with E-state index in [2.05, 4.69) is 26.2 Å². The van der Waals surface area contributed by atoms with Gasteiger partial charge in [0.25, 0.3) is 0 Å². The van der Waals surface area contributed by atoms with Crippen molar-refractivity contribution in [3.8, 4) is 0 Å². The summed E-state index contributed by atoms with van der Waals surface area (Å²) >= 11 is 3.42. The molecule has 0 aromatic carbocycles. The van der Waals surface area contributed by atoms with Crippen LogP contribution in [0.25, 0.3) is 0 Å². The molecule has 1 unspecified atom stereocenters. The van der Waals surface area contributed by atoms with Gasteiger partial charge in [0, 0.05) is 6.20 Å². The quantitative estimate of drug-likeness (QED) is 0.869. The highest BCUT2D eigenvalue weighted by Gasteiger charge is 2.23. The molecular formula is C12H17BrN2O2. The Kier molecular flexibility index (Phi) is 4.93. The summed E-state index contributed by atoms with van der Waals surface area (Å²) in [5.74, 6) is 0.492. The second-order valence-corrected chi connectivity index (χ2v) is 5.09. The summed E-state index contributed by atoms with van der Waals surface area (Å²) in [5.41, 5.74) is 1.06. The van der Waals surface area contributed by atoms with Gasteiger partial charge < -0.3 is 10.1 Å². The van der Waals surface area contributed by atoms with Gasteiger partial charge in [-0.2, -0.15) is 0 Å². The number of carbonyl (C=O) groups is 1. The van der Waals surface area contributed by atoms with Crippen LogP contribution in [0.3, 0.4) is 0 Å². The molecule has 1 N–H and O–H groups in total. The van der Waals surface area contributed by atoms with Crippen LogP contribution in [0.1, 0.15) is 19.4 Å². The van der Waals surface area contributed by atoms with E-state index in [0.717, 1.165) is 10.0 Å². The summed E-state index contributed by atoms with van der Waals surface area (Å²) in [7, 11) is 1.39. The van der Waals surface area contributed by atoms with Gasteiger partial charge in [-0.25, -0.2) is 9.78 Å². The van der Waals surface area contributed by atoms with E-state index < -0.39 is 6.04 Å². The van der Waals surface area contributed by atoms with E-state index in [-0.39, 0.29) is 11.9 Å². The molecule has 1 atom stereocenters. The molecule has 17 heavy (non-hydrogen) atoms. The summed E-state index contributed by atoms with van der Waals surface area (Å²) in [5, 5.41) is 3.09. The first-order valence-corrected chi connectivity index (χ1v) is 6.21. The maximum atomic E-state index is 11.6. The number of nitrogens with zero attached hydrogens (tertiary/aromatic N) is 1.